The van der Waals surface area contributed by atoms with Gasteiger partial charge in [-0.3, -0.25) is 47.8 Å². The van der Waals surface area contributed by atoms with E-state index in [-0.39, 0.29) is 110 Å². The first-order valence-corrected chi connectivity index (χ1v) is 43.1. The number of pyridine rings is 2. The highest BCUT2D eigenvalue weighted by molar-refractivity contribution is 7.92. The Labute approximate surface area is 681 Å². The average molecular weight is 1700 g/mol. The molecule has 4 amide bonds. The number of ether oxygens (including phenoxy) is 6. The van der Waals surface area contributed by atoms with Crippen LogP contribution in [-0.2, 0) is 67.9 Å². The summed E-state index contributed by atoms with van der Waals surface area (Å²) in [7, 11) is -6.08. The quantitative estimate of drug-likeness (QED) is 0.0419. The zero-order valence-electron chi connectivity index (χ0n) is 68.4. The molecule has 8 aliphatic rings. The fourth-order valence-corrected chi connectivity index (χ4v) is 19.8. The summed E-state index contributed by atoms with van der Waals surface area (Å²) in [6, 6.07) is 5.55. The number of carbonyl (C=O) groups is 8. The van der Waals surface area contributed by atoms with E-state index in [4.69, 9.17) is 28.4 Å². The molecule has 4 aromatic rings. The molecule has 2 aromatic carbocycles. The zero-order chi connectivity index (χ0) is 86.6. The van der Waals surface area contributed by atoms with Crippen LogP contribution in [-0.4, -0.2) is 181 Å². The van der Waals surface area contributed by atoms with Crippen molar-refractivity contribution in [3.05, 3.63) is 84.7 Å². The van der Waals surface area contributed by atoms with Crippen LogP contribution < -0.4 is 28.4 Å². The topological polar surface area (TPSA) is 317 Å². The molecule has 0 spiro atoms. The second-order valence-corrected chi connectivity index (χ2v) is 39.5. The second-order valence-electron chi connectivity index (χ2n) is 35.3. The molecule has 12 rings (SSSR count). The van der Waals surface area contributed by atoms with Crippen molar-refractivity contribution in [3.8, 4) is 23.3 Å². The number of nitrogens with one attached hydrogen (secondary N) is 2. The van der Waals surface area contributed by atoms with Crippen molar-refractivity contribution in [1.82, 2.24) is 29.2 Å². The summed E-state index contributed by atoms with van der Waals surface area (Å²) < 4.78 is 202. The standard InChI is InChI=1S/2C42H53F4N3O9S/c2*1-24-9-7-8-10-26-20-42(26,38(53)48-59(54,55)41(23-43)12-13-41)21-33(50)32-18-28(57-36-31-16-27(44)17-34(56-6)29(31)11-14-47-36)22-49(32)37(52)30(25(2)15-24)19-35(51)58-39(3,4)40(5,45)46/h2*8,10-11,14,16-17,24-26,28,30,32H,7,9,12-13,15,18-23H2,1-6H3,(H,48,53)/b2*10-8-/t24-,25+,26+,28+,30-,32-,42+;24-,25-,26-,28-,30+,32+,42-/m01/s1. The van der Waals surface area contributed by atoms with Gasteiger partial charge in [0, 0.05) is 74.8 Å². The van der Waals surface area contributed by atoms with E-state index < -0.39 is 221 Å². The maximum atomic E-state index is 14.9. The van der Waals surface area contributed by atoms with Crippen LogP contribution in [0.2, 0.25) is 0 Å². The number of Topliss-reactive ketones (excluding diaryl/α,β-unsaturated/α-hetero) is 2. The Balaban J connectivity index is 0.000000231. The van der Waals surface area contributed by atoms with Gasteiger partial charge in [0.1, 0.15) is 58.2 Å². The van der Waals surface area contributed by atoms with Gasteiger partial charge in [-0.05, 0) is 165 Å². The molecule has 0 unspecified atom stereocenters. The van der Waals surface area contributed by atoms with E-state index in [1.54, 1.807) is 38.1 Å². The summed E-state index contributed by atoms with van der Waals surface area (Å²) in [5.41, 5.74) is -7.40. The Morgan fingerprint density at radius 3 is 1.22 bits per heavy atom. The number of esters is 2. The monoisotopic (exact) mass is 1700 g/mol. The molecule has 0 radical (unpaired) electrons. The normalized spacial score (nSPS) is 29.4. The predicted octanol–water partition coefficient (Wildman–Crippen LogP) is 13.3. The predicted molar refractivity (Wildman–Crippen MR) is 416 cm³/mol. The Bertz CT molecular complexity index is 4540. The van der Waals surface area contributed by atoms with Crippen LogP contribution in [0.25, 0.3) is 21.5 Å². The van der Waals surface area contributed by atoms with Crippen molar-refractivity contribution in [1.29, 1.82) is 0 Å². The van der Waals surface area contributed by atoms with Crippen molar-refractivity contribution in [3.63, 3.8) is 0 Å². The first kappa shape index (κ1) is 90.2. The van der Waals surface area contributed by atoms with Crippen molar-refractivity contribution in [2.24, 2.45) is 58.2 Å². The van der Waals surface area contributed by atoms with Gasteiger partial charge in [-0.2, -0.15) is 0 Å². The molecule has 4 aliphatic carbocycles. The van der Waals surface area contributed by atoms with Crippen molar-refractivity contribution in [2.45, 2.75) is 242 Å². The number of hydrogen-bond donors (Lipinski definition) is 2. The maximum absolute atomic E-state index is 14.9. The van der Waals surface area contributed by atoms with Crippen LogP contribution in [0.5, 0.6) is 23.3 Å². The molecule has 24 nitrogen and oxygen atoms in total. The van der Waals surface area contributed by atoms with Gasteiger partial charge < -0.3 is 38.2 Å². The van der Waals surface area contributed by atoms with E-state index in [1.807, 2.05) is 26.0 Å². The lowest BCUT2D eigenvalue weighted by Crippen LogP contribution is -2.49. The highest BCUT2D eigenvalue weighted by Crippen LogP contribution is 2.60. The van der Waals surface area contributed by atoms with E-state index in [0.29, 0.717) is 63.1 Å². The van der Waals surface area contributed by atoms with E-state index in [1.165, 1.54) is 60.7 Å². The largest absolute Gasteiger partial charge is 0.496 e. The number of rotatable bonds is 22. The Morgan fingerprint density at radius 1 is 0.542 bits per heavy atom. The Kier molecular flexibility index (Phi) is 26.1. The van der Waals surface area contributed by atoms with E-state index in [9.17, 15) is 90.3 Å². The molecule has 4 saturated carbocycles. The number of ketones is 2. The molecule has 4 aliphatic heterocycles. The van der Waals surface area contributed by atoms with E-state index >= 15 is 0 Å². The molecule has 0 bridgehead atoms. The minimum atomic E-state index is -4.42. The van der Waals surface area contributed by atoms with Crippen molar-refractivity contribution < 1.29 is 119 Å². The SMILES string of the molecule is COc1cc(F)cc2c(O[C@@H]3C[C@H]4C(=O)C[C@]5(C(=O)NS(=O)(=O)C6(CF)CC6)C[C@H]5/C=C\CC[C@@H](C)C[C@@H](C)[C@H](CC(=O)OC(C)(C)C(C)(F)F)C(=O)N4C3)nccc12.COc1cc(F)cc2c(O[C@@H]3C[C@H]4C(=O)C[C@]5(C(=O)NS(=O)(=O)C6(CF)CC6)C[C@H]5/C=C\CC[C@H](C)C[C@@H](C)[C@H](CC(=O)OC(C)(C)C(C)(F)F)C(=O)N4C3)nccc12. The van der Waals surface area contributed by atoms with Crippen LogP contribution in [0, 0.1) is 69.8 Å². The lowest BCUT2D eigenvalue weighted by atomic mass is 9.82. The van der Waals surface area contributed by atoms with Crippen LogP contribution in [0.15, 0.2) is 73.1 Å². The number of nitrogens with zero attached hydrogens (tertiary/aromatic N) is 4. The molecule has 2 saturated heterocycles. The number of sulfonamides is 2. The summed E-state index contributed by atoms with van der Waals surface area (Å²) in [4.78, 5) is 125. The number of aromatic nitrogens is 2. The van der Waals surface area contributed by atoms with Gasteiger partial charge in [0.05, 0.1) is 85.7 Å². The number of hydrogen-bond acceptors (Lipinski definition) is 20. The fourth-order valence-electron chi connectivity index (χ4n) is 16.9. The molecule has 6 heterocycles. The van der Waals surface area contributed by atoms with Crippen molar-refractivity contribution >= 4 is 88.7 Å². The van der Waals surface area contributed by atoms with Gasteiger partial charge in [-0.25, -0.2) is 61.9 Å². The number of alkyl halides is 6. The number of allylic oxidation sites excluding steroid dienone is 4. The fraction of sp³-hybridized carbons (Fsp3) is 0.643. The Morgan fingerprint density at radius 2 is 0.898 bits per heavy atom. The molecule has 118 heavy (non-hydrogen) atoms. The number of halogens is 8. The third kappa shape index (κ3) is 19.0. The zero-order valence-corrected chi connectivity index (χ0v) is 70.0. The van der Waals surface area contributed by atoms with Crippen LogP contribution >= 0.6 is 0 Å². The molecule has 648 valence electrons. The van der Waals surface area contributed by atoms with Crippen LogP contribution in [0.4, 0.5) is 35.1 Å². The Hall–Kier alpha value is -8.56. The molecule has 2 N–H and O–H groups in total. The lowest BCUT2D eigenvalue weighted by molar-refractivity contribution is -0.197. The third-order valence-corrected chi connectivity index (χ3v) is 30.0. The summed E-state index contributed by atoms with van der Waals surface area (Å²) >= 11 is 0. The highest BCUT2D eigenvalue weighted by Gasteiger charge is 2.66. The number of amides is 4. The molecule has 2 aromatic heterocycles. The van der Waals surface area contributed by atoms with Crippen LogP contribution in [0.3, 0.4) is 0 Å². The van der Waals surface area contributed by atoms with Gasteiger partial charge in [0.25, 0.3) is 11.8 Å². The first-order valence-electron chi connectivity index (χ1n) is 40.2. The minimum Gasteiger partial charge on any atom is -0.496 e. The van der Waals surface area contributed by atoms with Gasteiger partial charge >= 0.3 is 11.9 Å². The van der Waals surface area contributed by atoms with Gasteiger partial charge in [0.2, 0.25) is 55.4 Å². The summed E-state index contributed by atoms with van der Waals surface area (Å²) in [5, 5.41) is 1.49. The van der Waals surface area contributed by atoms with Crippen LogP contribution in [0.1, 0.15) is 185 Å². The highest BCUT2D eigenvalue weighted by atomic mass is 32.2. The van der Waals surface area contributed by atoms with Gasteiger partial charge in [-0.1, -0.05) is 52.0 Å². The van der Waals surface area contributed by atoms with Crippen molar-refractivity contribution in [2.75, 3.05) is 40.7 Å². The third-order valence-electron chi connectivity index (χ3n) is 25.8. The second kappa shape index (κ2) is 34.2. The van der Waals surface area contributed by atoms with Gasteiger partial charge in [0.15, 0.2) is 22.8 Å². The van der Waals surface area contributed by atoms with E-state index in [0.717, 1.165) is 27.7 Å². The molecule has 14 atom stereocenters. The number of carbonyl (C=O) groups excluding carboxylic acids is 8. The summed E-state index contributed by atoms with van der Waals surface area (Å²) in [6.45, 7) is 10.3. The lowest BCUT2D eigenvalue weighted by Gasteiger charge is -2.34. The number of fused-ring (bicyclic) bond motifs is 6. The smallest absolute Gasteiger partial charge is 0.307 e. The molecular weight excluding hydrogens is 1600 g/mol. The average Bonchev–Trinajstić information content (AvgIpc) is 1.56. The molecular formula is C84H106F8N6O18S2. The summed E-state index contributed by atoms with van der Waals surface area (Å²) in [5.74, 6) is -18.2. The first-order chi connectivity index (χ1) is 55.1. The summed E-state index contributed by atoms with van der Waals surface area (Å²) in [6.07, 6.45) is 9.83. The number of benzene rings is 2. The minimum absolute atomic E-state index is 0.00620. The molecule has 34 heteroatoms. The van der Waals surface area contributed by atoms with E-state index in [2.05, 4.69) is 19.4 Å². The molecule has 6 fully saturated rings. The number of methoxy groups -OCH3 is 2. The maximum Gasteiger partial charge on any atom is 0.307 e. The van der Waals surface area contributed by atoms with Gasteiger partial charge in [-0.15, -0.1) is 0 Å².